The van der Waals surface area contributed by atoms with Crippen LogP contribution in [-0.4, -0.2) is 10.9 Å². The fourth-order valence-electron chi connectivity index (χ4n) is 0. The van der Waals surface area contributed by atoms with Crippen molar-refractivity contribution in [1.29, 1.82) is 0 Å². The van der Waals surface area contributed by atoms with Gasteiger partial charge in [0.2, 0.25) is 0 Å². The Hall–Kier alpha value is 0.440. The molecule has 24 valence electrons. The Morgan fingerprint density at radius 1 is 2.50 bits per heavy atom. The predicted molar refractivity (Wildman–Crippen MR) is 27.2 cm³/mol. The Bertz CT molecular complexity index is 42.9. The molecule has 0 radical (unpaired) electrons. The largest absolute Gasteiger partial charge is 0.126 e. The van der Waals surface area contributed by atoms with E-state index in [1.54, 1.807) is 6.26 Å². The van der Waals surface area contributed by atoms with Crippen LogP contribution in [0.3, 0.4) is 0 Å². The lowest BCUT2D eigenvalue weighted by Gasteiger charge is -1.56. The van der Waals surface area contributed by atoms with Gasteiger partial charge in [-0.1, -0.05) is 12.2 Å². The predicted octanol–water partition coefficient (Wildman–Crippen LogP) is 1.31. The Morgan fingerprint density at radius 3 is 2.75 bits per heavy atom. The van der Waals surface area contributed by atoms with E-state index in [4.69, 9.17) is 1.37 Å². The molecule has 0 spiro atoms. The lowest BCUT2D eigenvalue weighted by atomic mass is 11.9. The summed E-state index contributed by atoms with van der Waals surface area (Å²) in [5.74, 6) is 0. The highest BCUT2D eigenvalue weighted by Gasteiger charge is 1.46. The van der Waals surface area contributed by atoms with E-state index in [0.29, 0.717) is 0 Å². The van der Waals surface area contributed by atoms with Gasteiger partial charge in [0.25, 0.3) is 0 Å². The zero-order valence-electron chi connectivity index (χ0n) is 3.32. The van der Waals surface area contributed by atoms with Crippen LogP contribution < -0.4 is 0 Å². The minimum Gasteiger partial charge on any atom is -0.126 e. The van der Waals surface area contributed by atoms with Crippen LogP contribution in [0.25, 0.3) is 0 Å². The average Bonchev–Trinajstić information content (AvgIpc) is 1.38. The molecule has 0 aliphatic carbocycles. The maximum absolute atomic E-state index is 6.52. The molecule has 0 aliphatic heterocycles. The zero-order valence-corrected chi connectivity index (χ0v) is 3.95. The maximum atomic E-state index is 6.52. The van der Waals surface area contributed by atoms with E-state index in [1.807, 2.05) is 0 Å². The van der Waals surface area contributed by atoms with Gasteiger partial charge in [-0.25, -0.2) is 0 Å². The van der Waals surface area contributed by atoms with Crippen LogP contribution in [0.5, 0.6) is 0 Å². The van der Waals surface area contributed by atoms with Crippen LogP contribution in [0.4, 0.5) is 0 Å². The van der Waals surface area contributed by atoms with E-state index >= 15 is 0 Å². The molecule has 0 aromatic rings. The summed E-state index contributed by atoms with van der Waals surface area (Å²) >= 11 is 5.60. The second-order valence-electron chi connectivity index (χ2n) is 0.287. The molecule has 2 heteroatoms. The van der Waals surface area contributed by atoms with Crippen LogP contribution in [0.15, 0.2) is 0 Å². The standard InChI is InChI=1S/C2H4S2/c1-4-2-3/h2H,1H3/i2T. The highest BCUT2D eigenvalue weighted by molar-refractivity contribution is 8.20. The van der Waals surface area contributed by atoms with E-state index in [2.05, 4.69) is 12.2 Å². The minimum atomic E-state index is 0.255. The molecule has 0 aliphatic rings. The van der Waals surface area contributed by atoms with Crippen molar-refractivity contribution in [2.45, 2.75) is 0 Å². The van der Waals surface area contributed by atoms with Gasteiger partial charge < -0.3 is 0 Å². The van der Waals surface area contributed by atoms with Gasteiger partial charge in [0.05, 0.1) is 1.37 Å². The Balaban J connectivity index is 2.85. The van der Waals surface area contributed by atoms with Crippen molar-refractivity contribution < 1.29 is 1.37 Å². The van der Waals surface area contributed by atoms with Gasteiger partial charge in [-0.2, -0.15) is 0 Å². The highest BCUT2D eigenvalue weighted by Crippen LogP contribution is 1.78. The molecule has 0 aromatic heterocycles. The Morgan fingerprint density at radius 2 is 2.75 bits per heavy atom. The molecule has 0 fully saturated rings. The van der Waals surface area contributed by atoms with Crippen LogP contribution in [-0.2, 0) is 0 Å². The zero-order chi connectivity index (χ0) is 4.28. The normalized spacial score (nSPS) is 9.75. The third-order valence-corrected chi connectivity index (χ3v) is 0.750. The second kappa shape index (κ2) is 3.44. The molecule has 0 heterocycles. The van der Waals surface area contributed by atoms with Crippen molar-refractivity contribution in [3.8, 4) is 0 Å². The van der Waals surface area contributed by atoms with Gasteiger partial charge in [0.15, 0.2) is 0 Å². The molecule has 0 nitrogen and oxygen atoms in total. The molecule has 4 heavy (non-hydrogen) atoms. The molecule has 0 rings (SSSR count). The first-order chi connectivity index (χ1) is 2.27. The topological polar surface area (TPSA) is 0 Å². The van der Waals surface area contributed by atoms with Crippen LogP contribution >= 0.6 is 24.0 Å². The van der Waals surface area contributed by atoms with Crippen molar-refractivity contribution >= 4 is 28.7 Å². The van der Waals surface area contributed by atoms with Crippen molar-refractivity contribution in [2.24, 2.45) is 0 Å². The summed E-state index contributed by atoms with van der Waals surface area (Å²) in [5, 5.41) is 0. The number of hydrogen-bond donors (Lipinski definition) is 0. The van der Waals surface area contributed by atoms with Crippen molar-refractivity contribution in [2.75, 3.05) is 6.26 Å². The Kier molecular flexibility index (Phi) is 2.29. The molecule has 0 N–H and O–H groups in total. The summed E-state index contributed by atoms with van der Waals surface area (Å²) in [6.07, 6.45) is 1.79. The number of hydrogen-bond acceptors (Lipinski definition) is 2. The molecule has 0 aromatic carbocycles. The van der Waals surface area contributed by atoms with Crippen molar-refractivity contribution in [3.63, 3.8) is 0 Å². The lowest BCUT2D eigenvalue weighted by molar-refractivity contribution is 2.54. The van der Waals surface area contributed by atoms with Crippen molar-refractivity contribution in [1.82, 2.24) is 0 Å². The quantitative estimate of drug-likeness (QED) is 0.415. The van der Waals surface area contributed by atoms with Gasteiger partial charge >= 0.3 is 0 Å². The van der Waals surface area contributed by atoms with E-state index in [1.165, 1.54) is 11.8 Å². The molecule has 0 bridgehead atoms. The summed E-state index contributed by atoms with van der Waals surface area (Å²) in [7, 11) is 0. The first-order valence-electron chi connectivity index (χ1n) is 1.32. The second-order valence-corrected chi connectivity index (χ2v) is 1.36. The molecule has 0 amide bonds. The van der Waals surface area contributed by atoms with E-state index in [9.17, 15) is 0 Å². The summed E-state index contributed by atoms with van der Waals surface area (Å²) in [6.45, 7) is 0. The van der Waals surface area contributed by atoms with Gasteiger partial charge in [-0.05, 0) is 6.26 Å². The van der Waals surface area contributed by atoms with E-state index in [0.717, 1.165) is 0 Å². The first kappa shape index (κ1) is 2.67. The number of rotatable bonds is 0. The third-order valence-electron chi connectivity index (χ3n) is 0.0833. The fourth-order valence-corrected chi connectivity index (χ4v) is 0. The fraction of sp³-hybridized carbons (Fsp3) is 0.500. The van der Waals surface area contributed by atoms with Crippen LogP contribution in [0, 0.1) is 0 Å². The molecule has 0 atom stereocenters. The maximum Gasteiger partial charge on any atom is 0.0824 e. The van der Waals surface area contributed by atoms with Gasteiger partial charge in [-0.15, -0.1) is 11.8 Å². The SMILES string of the molecule is [3H]C(=S)SC. The van der Waals surface area contributed by atoms with Gasteiger partial charge in [0, 0.05) is 4.68 Å². The summed E-state index contributed by atoms with van der Waals surface area (Å²) in [6, 6.07) is 0. The number of thioether (sulfide) groups is 1. The molecule has 0 saturated carbocycles. The smallest absolute Gasteiger partial charge is 0.0824 e. The van der Waals surface area contributed by atoms with E-state index in [-0.39, 0.29) is 4.68 Å². The summed E-state index contributed by atoms with van der Waals surface area (Å²) < 4.78 is 6.78. The van der Waals surface area contributed by atoms with Crippen LogP contribution in [0.1, 0.15) is 1.37 Å². The first-order valence-corrected chi connectivity index (χ1v) is 2.45. The number of thiocarbonyl (C=S) groups is 1. The lowest BCUT2D eigenvalue weighted by Crippen LogP contribution is -1.38. The van der Waals surface area contributed by atoms with E-state index < -0.39 is 0 Å². The minimum absolute atomic E-state index is 0.255. The Labute approximate surface area is 37.0 Å². The molecular weight excluding hydrogens is 88.2 g/mol. The molecule has 0 unspecified atom stereocenters. The van der Waals surface area contributed by atoms with Crippen LogP contribution in [0.2, 0.25) is 0 Å². The van der Waals surface area contributed by atoms with Crippen molar-refractivity contribution in [3.05, 3.63) is 0 Å². The summed E-state index contributed by atoms with van der Waals surface area (Å²) in [4.78, 5) is 0. The molecule has 0 saturated heterocycles. The van der Waals surface area contributed by atoms with Gasteiger partial charge in [0.1, 0.15) is 0 Å². The van der Waals surface area contributed by atoms with Gasteiger partial charge in [-0.3, -0.25) is 0 Å². The average molecular weight is 94.2 g/mol. The molecular formula is C2H4S2. The highest BCUT2D eigenvalue weighted by atomic mass is 32.2. The summed E-state index contributed by atoms with van der Waals surface area (Å²) in [5.41, 5.74) is 0. The third kappa shape index (κ3) is 2.44. The monoisotopic (exact) mass is 94.0 g/mol.